The molecular weight excluding hydrogens is 386 g/mol. The lowest BCUT2D eigenvalue weighted by molar-refractivity contribution is 0.598. The smallest absolute Gasteiger partial charge is 0.265 e. The normalized spacial score (nSPS) is 11.9. The van der Waals surface area contributed by atoms with Crippen LogP contribution >= 0.6 is 0 Å². The van der Waals surface area contributed by atoms with E-state index in [1.807, 2.05) is 67.0 Å². The second-order valence-corrected chi connectivity index (χ2v) is 8.66. The van der Waals surface area contributed by atoms with Crippen LogP contribution in [0.1, 0.15) is 23.9 Å². The number of fused-ring (bicyclic) bond motifs is 1. The lowest BCUT2D eigenvalue weighted by Crippen LogP contribution is -2.16. The summed E-state index contributed by atoms with van der Waals surface area (Å²) >= 11 is 0. The van der Waals surface area contributed by atoms with E-state index in [2.05, 4.69) is 14.8 Å². The van der Waals surface area contributed by atoms with Gasteiger partial charge in [-0.05, 0) is 51.5 Å². The molecule has 0 aliphatic heterocycles. The topological polar surface area (TPSA) is 81.3 Å². The number of nitrogens with zero attached hydrogens (tertiary/aromatic N) is 4. The van der Waals surface area contributed by atoms with Crippen LogP contribution in [0.3, 0.4) is 0 Å². The Morgan fingerprint density at radius 3 is 2.59 bits per heavy atom. The number of nitrogens with one attached hydrogen (secondary N) is 1. The number of sulfonamides is 1. The number of anilines is 1. The van der Waals surface area contributed by atoms with Crippen LogP contribution in [0.4, 0.5) is 5.69 Å². The Hall–Kier alpha value is -3.13. The van der Waals surface area contributed by atoms with E-state index in [9.17, 15) is 8.42 Å². The average molecular weight is 410 g/mol. The van der Waals surface area contributed by atoms with E-state index in [1.165, 1.54) is 0 Å². The van der Waals surface area contributed by atoms with Crippen molar-refractivity contribution in [3.05, 3.63) is 65.7 Å². The Labute approximate surface area is 170 Å². The molecule has 0 bridgehead atoms. The number of hydrogen-bond donors (Lipinski definition) is 1. The Balaban J connectivity index is 1.74. The van der Waals surface area contributed by atoms with Crippen molar-refractivity contribution >= 4 is 21.4 Å². The average Bonchev–Trinajstić information content (AvgIpc) is 3.23. The van der Waals surface area contributed by atoms with Crippen molar-refractivity contribution in [1.29, 1.82) is 0 Å². The first-order valence-electron chi connectivity index (χ1n) is 9.41. The molecule has 0 fully saturated rings. The molecule has 1 aromatic carbocycles. The molecule has 0 atom stereocenters. The van der Waals surface area contributed by atoms with E-state index in [4.69, 9.17) is 0 Å². The number of aryl methyl sites for hydroxylation is 3. The Morgan fingerprint density at radius 2 is 1.90 bits per heavy atom. The summed E-state index contributed by atoms with van der Waals surface area (Å²) in [5, 5.41) is 4.33. The van der Waals surface area contributed by atoms with E-state index >= 15 is 0 Å². The standard InChI is InChI=1S/C21H23N5O2S/c1-5-26-16(4)21(15(3)23-26)29(27,28)24-18-12-17(10-9-14(18)2)19-13-25-11-7-6-8-20(25)22-19/h6-13,24H,5H2,1-4H3. The van der Waals surface area contributed by atoms with Gasteiger partial charge in [0.1, 0.15) is 10.5 Å². The molecule has 0 saturated carbocycles. The molecule has 4 rings (SSSR count). The summed E-state index contributed by atoms with van der Waals surface area (Å²) in [7, 11) is -3.77. The number of aromatic nitrogens is 4. The predicted octanol–water partition coefficient (Wildman–Crippen LogP) is 3.94. The molecule has 0 unspecified atom stereocenters. The highest BCUT2D eigenvalue weighted by atomic mass is 32.2. The maximum atomic E-state index is 13.1. The van der Waals surface area contributed by atoms with Gasteiger partial charge < -0.3 is 4.40 Å². The van der Waals surface area contributed by atoms with Crippen molar-refractivity contribution in [3.8, 4) is 11.3 Å². The highest BCUT2D eigenvalue weighted by molar-refractivity contribution is 7.92. The second kappa shape index (κ2) is 7.04. The monoisotopic (exact) mass is 409 g/mol. The molecule has 8 heteroatoms. The zero-order chi connectivity index (χ0) is 20.8. The van der Waals surface area contributed by atoms with E-state index in [0.29, 0.717) is 23.6 Å². The minimum Gasteiger partial charge on any atom is -0.306 e. The first-order chi connectivity index (χ1) is 13.8. The van der Waals surface area contributed by atoms with E-state index in [1.54, 1.807) is 18.5 Å². The van der Waals surface area contributed by atoms with Crippen LogP contribution < -0.4 is 4.72 Å². The van der Waals surface area contributed by atoms with Crippen LogP contribution in [0.2, 0.25) is 0 Å². The summed E-state index contributed by atoms with van der Waals surface area (Å²) < 4.78 is 32.6. The molecule has 3 heterocycles. The van der Waals surface area contributed by atoms with Gasteiger partial charge in [0, 0.05) is 24.5 Å². The summed E-state index contributed by atoms with van der Waals surface area (Å²) in [5.74, 6) is 0. The fraction of sp³-hybridized carbons (Fsp3) is 0.238. The van der Waals surface area contributed by atoms with E-state index in [-0.39, 0.29) is 4.90 Å². The minimum absolute atomic E-state index is 0.233. The van der Waals surface area contributed by atoms with Gasteiger partial charge in [0.15, 0.2) is 0 Å². The van der Waals surface area contributed by atoms with Gasteiger partial charge in [0.25, 0.3) is 10.0 Å². The number of hydrogen-bond acceptors (Lipinski definition) is 4. The molecule has 0 amide bonds. The van der Waals surface area contributed by atoms with E-state index in [0.717, 1.165) is 22.5 Å². The van der Waals surface area contributed by atoms with Crippen molar-refractivity contribution in [3.63, 3.8) is 0 Å². The molecule has 0 aliphatic rings. The number of benzene rings is 1. The molecule has 1 N–H and O–H groups in total. The molecule has 0 saturated heterocycles. The van der Waals surface area contributed by atoms with Crippen LogP contribution in [0.25, 0.3) is 16.9 Å². The Morgan fingerprint density at radius 1 is 1.10 bits per heavy atom. The lowest BCUT2D eigenvalue weighted by atomic mass is 10.1. The summed E-state index contributed by atoms with van der Waals surface area (Å²) in [4.78, 5) is 4.86. The van der Waals surface area contributed by atoms with Crippen molar-refractivity contribution in [1.82, 2.24) is 19.2 Å². The van der Waals surface area contributed by atoms with Crippen molar-refractivity contribution in [2.75, 3.05) is 4.72 Å². The van der Waals surface area contributed by atoms with Gasteiger partial charge >= 0.3 is 0 Å². The minimum atomic E-state index is -3.77. The summed E-state index contributed by atoms with van der Waals surface area (Å²) in [6.07, 6.45) is 3.86. The van der Waals surface area contributed by atoms with Gasteiger partial charge in [-0.1, -0.05) is 18.2 Å². The van der Waals surface area contributed by atoms with Crippen LogP contribution in [0, 0.1) is 20.8 Å². The summed E-state index contributed by atoms with van der Waals surface area (Å²) in [6, 6.07) is 11.5. The highest BCUT2D eigenvalue weighted by Crippen LogP contribution is 2.28. The van der Waals surface area contributed by atoms with Crippen molar-refractivity contribution < 1.29 is 8.42 Å². The fourth-order valence-electron chi connectivity index (χ4n) is 3.54. The number of imidazole rings is 1. The van der Waals surface area contributed by atoms with Crippen molar-refractivity contribution in [2.24, 2.45) is 0 Å². The van der Waals surface area contributed by atoms with E-state index < -0.39 is 10.0 Å². The van der Waals surface area contributed by atoms with Gasteiger partial charge in [0.2, 0.25) is 0 Å². The quantitative estimate of drug-likeness (QED) is 0.541. The Bertz CT molecular complexity index is 1290. The molecular formula is C21H23N5O2S. The fourth-order valence-corrected chi connectivity index (χ4v) is 5.07. The predicted molar refractivity (Wildman–Crippen MR) is 114 cm³/mol. The highest BCUT2D eigenvalue weighted by Gasteiger charge is 2.25. The molecule has 0 radical (unpaired) electrons. The first kappa shape index (κ1) is 19.2. The maximum Gasteiger partial charge on any atom is 0.265 e. The molecule has 4 aromatic rings. The van der Waals surface area contributed by atoms with Gasteiger partial charge in [-0.3, -0.25) is 9.40 Å². The van der Waals surface area contributed by atoms with Crippen LogP contribution in [-0.2, 0) is 16.6 Å². The molecule has 3 aromatic heterocycles. The van der Waals surface area contributed by atoms with Gasteiger partial charge in [-0.25, -0.2) is 13.4 Å². The summed E-state index contributed by atoms with van der Waals surface area (Å²) in [6.45, 7) is 7.92. The first-order valence-corrected chi connectivity index (χ1v) is 10.9. The Kier molecular flexibility index (Phi) is 4.66. The largest absolute Gasteiger partial charge is 0.306 e. The van der Waals surface area contributed by atoms with Gasteiger partial charge in [0.05, 0.1) is 22.8 Å². The third-order valence-corrected chi connectivity index (χ3v) is 6.64. The summed E-state index contributed by atoms with van der Waals surface area (Å²) in [5.41, 5.74) is 4.94. The zero-order valence-electron chi connectivity index (χ0n) is 16.8. The molecule has 7 nitrogen and oxygen atoms in total. The molecule has 0 aliphatic carbocycles. The third kappa shape index (κ3) is 3.40. The number of rotatable bonds is 5. The third-order valence-electron chi connectivity index (χ3n) is 5.03. The lowest BCUT2D eigenvalue weighted by Gasteiger charge is -2.12. The van der Waals surface area contributed by atoms with Crippen LogP contribution in [0.5, 0.6) is 0 Å². The second-order valence-electron chi connectivity index (χ2n) is 7.04. The number of pyridine rings is 1. The molecule has 0 spiro atoms. The zero-order valence-corrected chi connectivity index (χ0v) is 17.7. The van der Waals surface area contributed by atoms with Gasteiger partial charge in [-0.15, -0.1) is 0 Å². The van der Waals surface area contributed by atoms with Crippen molar-refractivity contribution in [2.45, 2.75) is 39.1 Å². The maximum absolute atomic E-state index is 13.1. The SMILES string of the molecule is CCn1nc(C)c(S(=O)(=O)Nc2cc(-c3cn4ccccc4n3)ccc2C)c1C. The molecule has 29 heavy (non-hydrogen) atoms. The van der Waals surface area contributed by atoms with Crippen LogP contribution in [0.15, 0.2) is 53.7 Å². The van der Waals surface area contributed by atoms with Crippen LogP contribution in [-0.4, -0.2) is 27.6 Å². The molecule has 150 valence electrons. The van der Waals surface area contributed by atoms with Gasteiger partial charge in [-0.2, -0.15) is 5.10 Å².